The lowest BCUT2D eigenvalue weighted by molar-refractivity contribution is -0.103. The standard InChI is InChI=1S/C10H22O7.C9H20O4.C5H12O4/c11-1-9(2-12,3-13)7-17-8-10(4-14,5-15)6-16;1-10-5-9(6-11-2,7-12-3)8-13-4;6-1-5(2-7,3-8)4-9/h11-16H,1-8H2;5-8H2,1-4H3;6-9H,1-4H2. The monoisotopic (exact) mass is 582 g/mol. The lowest BCUT2D eigenvalue weighted by Crippen LogP contribution is -2.43. The average Bonchev–Trinajstić information content (AvgIpc) is 2.97. The largest absolute Gasteiger partial charge is 0.396 e. The van der Waals surface area contributed by atoms with Gasteiger partial charge in [0.15, 0.2) is 0 Å². The van der Waals surface area contributed by atoms with Gasteiger partial charge in [-0.3, -0.25) is 0 Å². The van der Waals surface area contributed by atoms with Gasteiger partial charge in [0.25, 0.3) is 0 Å². The van der Waals surface area contributed by atoms with Crippen molar-refractivity contribution in [2.75, 3.05) is 134 Å². The molecule has 0 bridgehead atoms. The Morgan fingerprint density at radius 2 is 0.513 bits per heavy atom. The summed E-state index contributed by atoms with van der Waals surface area (Å²) >= 11 is 0. The summed E-state index contributed by atoms with van der Waals surface area (Å²) in [5.41, 5.74) is -3.62. The van der Waals surface area contributed by atoms with E-state index in [2.05, 4.69) is 0 Å². The van der Waals surface area contributed by atoms with Crippen LogP contribution in [0, 0.1) is 21.7 Å². The molecule has 15 nitrogen and oxygen atoms in total. The van der Waals surface area contributed by atoms with Crippen molar-refractivity contribution in [3.63, 3.8) is 0 Å². The van der Waals surface area contributed by atoms with E-state index in [0.717, 1.165) is 0 Å². The van der Waals surface area contributed by atoms with Crippen LogP contribution in [0.5, 0.6) is 0 Å². The third kappa shape index (κ3) is 16.4. The van der Waals surface area contributed by atoms with Gasteiger partial charge in [-0.2, -0.15) is 0 Å². The zero-order valence-electron chi connectivity index (χ0n) is 23.8. The summed E-state index contributed by atoms with van der Waals surface area (Å²) in [6.45, 7) is -2.34. The maximum absolute atomic E-state index is 9.03. The summed E-state index contributed by atoms with van der Waals surface area (Å²) in [4.78, 5) is 0. The molecule has 0 aromatic carbocycles. The first kappa shape index (κ1) is 42.9. The summed E-state index contributed by atoms with van der Waals surface area (Å²) in [7, 11) is 6.65. The quantitative estimate of drug-likeness (QED) is 0.0577. The van der Waals surface area contributed by atoms with Crippen molar-refractivity contribution in [1.29, 1.82) is 0 Å². The predicted octanol–water partition coefficient (Wildman–Crippen LogP) is -4.57. The van der Waals surface area contributed by atoms with Crippen LogP contribution in [0.2, 0.25) is 0 Å². The Balaban J connectivity index is -0.000000524. The lowest BCUT2D eigenvalue weighted by atomic mass is 9.91. The molecule has 0 aromatic rings. The third-order valence-electron chi connectivity index (χ3n) is 5.97. The molecule has 0 saturated heterocycles. The van der Waals surface area contributed by atoms with E-state index in [1.54, 1.807) is 28.4 Å². The van der Waals surface area contributed by atoms with Gasteiger partial charge in [0.2, 0.25) is 0 Å². The number of aliphatic hydroxyl groups excluding tert-OH is 10. The smallest absolute Gasteiger partial charge is 0.0637 e. The second-order valence-electron chi connectivity index (χ2n) is 9.81. The van der Waals surface area contributed by atoms with Gasteiger partial charge in [-0.1, -0.05) is 0 Å². The van der Waals surface area contributed by atoms with Crippen LogP contribution in [-0.4, -0.2) is 185 Å². The van der Waals surface area contributed by atoms with Gasteiger partial charge < -0.3 is 74.7 Å². The topological polar surface area (TPSA) is 248 Å². The number of ether oxygens (including phenoxy) is 5. The van der Waals surface area contributed by atoms with Gasteiger partial charge >= 0.3 is 0 Å². The molecule has 0 aliphatic rings. The van der Waals surface area contributed by atoms with E-state index < -0.39 is 82.3 Å². The maximum atomic E-state index is 9.03. The fraction of sp³-hybridized carbons (Fsp3) is 1.00. The zero-order valence-corrected chi connectivity index (χ0v) is 23.8. The molecular weight excluding hydrogens is 528 g/mol. The SMILES string of the molecule is COCC(COC)(COC)COC.OCC(CO)(CO)CO.OCC(CO)(CO)COCC(CO)(CO)CO. The number of aliphatic hydroxyl groups is 10. The van der Waals surface area contributed by atoms with Gasteiger partial charge in [-0.15, -0.1) is 0 Å². The van der Waals surface area contributed by atoms with Gasteiger partial charge in [0, 0.05) is 28.4 Å². The molecule has 0 atom stereocenters. The zero-order chi connectivity index (χ0) is 30.8. The van der Waals surface area contributed by atoms with Crippen LogP contribution in [0.3, 0.4) is 0 Å². The van der Waals surface area contributed by atoms with Crippen LogP contribution in [0.4, 0.5) is 0 Å². The van der Waals surface area contributed by atoms with Crippen LogP contribution in [0.15, 0.2) is 0 Å². The minimum atomic E-state index is -1.16. The lowest BCUT2D eigenvalue weighted by Gasteiger charge is -2.31. The normalized spacial score (nSPS) is 12.5. The van der Waals surface area contributed by atoms with E-state index in [1.165, 1.54) is 0 Å². The van der Waals surface area contributed by atoms with Gasteiger partial charge in [-0.25, -0.2) is 0 Å². The molecule has 0 aromatic heterocycles. The molecule has 0 rings (SSSR count). The highest BCUT2D eigenvalue weighted by Crippen LogP contribution is 2.20. The Labute approximate surface area is 231 Å². The number of hydrogen-bond donors (Lipinski definition) is 10. The van der Waals surface area contributed by atoms with Crippen LogP contribution in [0.25, 0.3) is 0 Å². The molecule has 0 radical (unpaired) electrons. The van der Waals surface area contributed by atoms with Crippen molar-refractivity contribution in [3.8, 4) is 0 Å². The van der Waals surface area contributed by atoms with Crippen LogP contribution in [0.1, 0.15) is 0 Å². The molecule has 0 amide bonds. The van der Waals surface area contributed by atoms with Crippen molar-refractivity contribution in [1.82, 2.24) is 0 Å². The Hall–Kier alpha value is -0.600. The predicted molar refractivity (Wildman–Crippen MR) is 139 cm³/mol. The number of rotatable bonds is 22. The molecule has 10 N–H and O–H groups in total. The molecule has 0 fully saturated rings. The highest BCUT2D eigenvalue weighted by molar-refractivity contribution is 4.80. The molecule has 0 aliphatic carbocycles. The first-order chi connectivity index (χ1) is 18.6. The summed E-state index contributed by atoms with van der Waals surface area (Å²) in [6.07, 6.45) is 0. The summed E-state index contributed by atoms with van der Waals surface area (Å²) in [6, 6.07) is 0. The van der Waals surface area contributed by atoms with Gasteiger partial charge in [0.1, 0.15) is 0 Å². The Morgan fingerprint density at radius 1 is 0.308 bits per heavy atom. The maximum Gasteiger partial charge on any atom is 0.0637 e. The molecule has 39 heavy (non-hydrogen) atoms. The molecule has 0 heterocycles. The Kier molecular flexibility index (Phi) is 27.6. The molecule has 15 heteroatoms. The second-order valence-corrected chi connectivity index (χ2v) is 9.81. The van der Waals surface area contributed by atoms with E-state index in [0.29, 0.717) is 26.4 Å². The first-order valence-electron chi connectivity index (χ1n) is 12.2. The van der Waals surface area contributed by atoms with E-state index in [-0.39, 0.29) is 18.6 Å². The number of methoxy groups -OCH3 is 4. The molecule has 0 unspecified atom stereocenters. The first-order valence-corrected chi connectivity index (χ1v) is 12.2. The third-order valence-corrected chi connectivity index (χ3v) is 5.97. The van der Waals surface area contributed by atoms with E-state index in [1.807, 2.05) is 0 Å². The minimum absolute atomic E-state index is 0.141. The van der Waals surface area contributed by atoms with Crippen molar-refractivity contribution >= 4 is 0 Å². The van der Waals surface area contributed by atoms with Crippen molar-refractivity contribution in [2.45, 2.75) is 0 Å². The fourth-order valence-electron chi connectivity index (χ4n) is 2.83. The fourth-order valence-corrected chi connectivity index (χ4v) is 2.83. The molecular formula is C24H54O15. The van der Waals surface area contributed by atoms with E-state index in [4.69, 9.17) is 74.7 Å². The van der Waals surface area contributed by atoms with Crippen molar-refractivity contribution in [2.24, 2.45) is 21.7 Å². The molecule has 0 saturated carbocycles. The van der Waals surface area contributed by atoms with Gasteiger partial charge in [-0.05, 0) is 0 Å². The Bertz CT molecular complexity index is 428. The highest BCUT2D eigenvalue weighted by atomic mass is 16.5. The highest BCUT2D eigenvalue weighted by Gasteiger charge is 2.33. The second kappa shape index (κ2) is 25.1. The summed E-state index contributed by atoms with van der Waals surface area (Å²) in [5.74, 6) is 0. The molecule has 0 spiro atoms. The van der Waals surface area contributed by atoms with Crippen LogP contribution < -0.4 is 0 Å². The summed E-state index contributed by atoms with van der Waals surface area (Å²) < 4.78 is 25.6. The van der Waals surface area contributed by atoms with E-state index >= 15 is 0 Å². The Morgan fingerprint density at radius 3 is 0.641 bits per heavy atom. The van der Waals surface area contributed by atoms with Crippen LogP contribution >= 0.6 is 0 Å². The molecule has 240 valence electrons. The summed E-state index contributed by atoms with van der Waals surface area (Å²) in [5, 5.41) is 88.2. The van der Waals surface area contributed by atoms with Crippen molar-refractivity contribution in [3.05, 3.63) is 0 Å². The van der Waals surface area contributed by atoms with Crippen LogP contribution in [-0.2, 0) is 23.7 Å². The minimum Gasteiger partial charge on any atom is -0.396 e. The van der Waals surface area contributed by atoms with Gasteiger partial charge in [0.05, 0.1) is 127 Å². The average molecular weight is 583 g/mol. The van der Waals surface area contributed by atoms with E-state index in [9.17, 15) is 0 Å². The van der Waals surface area contributed by atoms with Crippen molar-refractivity contribution < 1.29 is 74.7 Å². The number of hydrogen-bond acceptors (Lipinski definition) is 15. The molecule has 0 aliphatic heterocycles.